The molecule has 1 saturated heterocycles. The van der Waals surface area contributed by atoms with Gasteiger partial charge in [-0.15, -0.1) is 11.3 Å². The fraction of sp³-hybridized carbons (Fsp3) is 0.333. The largest absolute Gasteiger partial charge is 0.465 e. The molecule has 1 aliphatic heterocycles. The standard InChI is InChI=1S/C15H13F3N2O2S/c1-8-10(4-12(23-8)14(21)22-2)13-11(16)3-9(5-19-13)20-6-15(17,18)7-20/h3-5H,6-7H2,1-2H3. The molecule has 1 fully saturated rings. The SMILES string of the molecule is COC(=O)c1cc(-c2ncc(N3CC(F)(F)C3)cc2F)c(C)s1. The van der Waals surface area contributed by atoms with E-state index < -0.39 is 30.8 Å². The number of aryl methyl sites for hydroxylation is 1. The van der Waals surface area contributed by atoms with Crippen LogP contribution in [0.15, 0.2) is 18.3 Å². The highest BCUT2D eigenvalue weighted by Crippen LogP contribution is 2.35. The van der Waals surface area contributed by atoms with E-state index in [-0.39, 0.29) is 5.69 Å². The summed E-state index contributed by atoms with van der Waals surface area (Å²) in [6.45, 7) is 0.881. The second-order valence-corrected chi connectivity index (χ2v) is 6.56. The van der Waals surface area contributed by atoms with E-state index in [2.05, 4.69) is 9.72 Å². The van der Waals surface area contributed by atoms with Gasteiger partial charge < -0.3 is 9.64 Å². The maximum atomic E-state index is 14.3. The fourth-order valence-electron chi connectivity index (χ4n) is 2.41. The summed E-state index contributed by atoms with van der Waals surface area (Å²) in [5.41, 5.74) is 0.900. The van der Waals surface area contributed by atoms with Crippen LogP contribution < -0.4 is 4.90 Å². The molecule has 3 heterocycles. The van der Waals surface area contributed by atoms with Crippen molar-refractivity contribution in [1.82, 2.24) is 4.98 Å². The minimum atomic E-state index is -2.73. The third-order valence-electron chi connectivity index (χ3n) is 3.60. The Balaban J connectivity index is 1.90. The summed E-state index contributed by atoms with van der Waals surface area (Å²) >= 11 is 1.19. The number of thiophene rings is 1. The van der Waals surface area contributed by atoms with Gasteiger partial charge >= 0.3 is 5.97 Å². The molecule has 1 aliphatic rings. The lowest BCUT2D eigenvalue weighted by Crippen LogP contribution is -2.56. The first kappa shape index (κ1) is 15.8. The number of hydrogen-bond donors (Lipinski definition) is 0. The minimum absolute atomic E-state index is 0.0879. The van der Waals surface area contributed by atoms with Crippen LogP contribution >= 0.6 is 11.3 Å². The van der Waals surface area contributed by atoms with E-state index in [1.54, 1.807) is 6.92 Å². The molecule has 2 aromatic heterocycles. The number of anilines is 1. The molecule has 0 saturated carbocycles. The second kappa shape index (κ2) is 5.52. The summed E-state index contributed by atoms with van der Waals surface area (Å²) in [5, 5.41) is 0. The van der Waals surface area contributed by atoms with Crippen molar-refractivity contribution in [2.24, 2.45) is 0 Å². The summed E-state index contributed by atoms with van der Waals surface area (Å²) in [6.07, 6.45) is 1.36. The monoisotopic (exact) mass is 342 g/mol. The van der Waals surface area contributed by atoms with Gasteiger partial charge in [-0.1, -0.05) is 0 Å². The molecule has 0 unspecified atom stereocenters. The molecule has 23 heavy (non-hydrogen) atoms. The normalized spacial score (nSPS) is 16.1. The van der Waals surface area contributed by atoms with E-state index in [9.17, 15) is 18.0 Å². The number of aromatic nitrogens is 1. The first-order valence-electron chi connectivity index (χ1n) is 6.78. The number of nitrogens with zero attached hydrogens (tertiary/aromatic N) is 2. The highest BCUT2D eigenvalue weighted by molar-refractivity contribution is 7.14. The molecular formula is C15H13F3N2O2S. The number of pyridine rings is 1. The molecule has 0 amide bonds. The summed E-state index contributed by atoms with van der Waals surface area (Å²) in [7, 11) is 1.27. The van der Waals surface area contributed by atoms with Crippen molar-refractivity contribution >= 4 is 23.0 Å². The van der Waals surface area contributed by atoms with Crippen molar-refractivity contribution in [3.05, 3.63) is 33.9 Å². The number of methoxy groups -OCH3 is 1. The topological polar surface area (TPSA) is 42.4 Å². The van der Waals surface area contributed by atoms with Crippen molar-refractivity contribution < 1.29 is 22.7 Å². The molecule has 0 atom stereocenters. The van der Waals surface area contributed by atoms with E-state index in [4.69, 9.17) is 0 Å². The Hall–Kier alpha value is -2.09. The van der Waals surface area contributed by atoms with E-state index in [1.807, 2.05) is 0 Å². The van der Waals surface area contributed by atoms with Gasteiger partial charge in [0.15, 0.2) is 5.82 Å². The quantitative estimate of drug-likeness (QED) is 0.801. The first-order valence-corrected chi connectivity index (χ1v) is 7.60. The first-order chi connectivity index (χ1) is 10.8. The van der Waals surface area contributed by atoms with Crippen molar-refractivity contribution in [1.29, 1.82) is 0 Å². The van der Waals surface area contributed by atoms with Crippen LogP contribution in [0.4, 0.5) is 18.9 Å². The maximum absolute atomic E-state index is 14.3. The highest BCUT2D eigenvalue weighted by atomic mass is 32.1. The van der Waals surface area contributed by atoms with E-state index in [1.165, 1.54) is 41.7 Å². The third-order valence-corrected chi connectivity index (χ3v) is 4.63. The number of hydrogen-bond acceptors (Lipinski definition) is 5. The van der Waals surface area contributed by atoms with E-state index in [0.29, 0.717) is 16.1 Å². The lowest BCUT2D eigenvalue weighted by molar-refractivity contribution is -0.0263. The molecule has 8 heteroatoms. The molecular weight excluding hydrogens is 329 g/mol. The van der Waals surface area contributed by atoms with Crippen LogP contribution in [-0.2, 0) is 4.74 Å². The van der Waals surface area contributed by atoms with Gasteiger partial charge in [0.1, 0.15) is 10.6 Å². The van der Waals surface area contributed by atoms with Crippen molar-refractivity contribution in [2.45, 2.75) is 12.8 Å². The van der Waals surface area contributed by atoms with Gasteiger partial charge in [0, 0.05) is 16.5 Å². The van der Waals surface area contributed by atoms with Crippen LogP contribution in [0.5, 0.6) is 0 Å². The molecule has 0 spiro atoms. The zero-order valence-electron chi connectivity index (χ0n) is 12.4. The average Bonchev–Trinajstić information content (AvgIpc) is 2.85. The van der Waals surface area contributed by atoms with Crippen LogP contribution in [0.25, 0.3) is 11.3 Å². The average molecular weight is 342 g/mol. The summed E-state index contributed by atoms with van der Waals surface area (Å²) in [4.78, 5) is 18.0. The maximum Gasteiger partial charge on any atom is 0.348 e. The molecule has 122 valence electrons. The smallest absolute Gasteiger partial charge is 0.348 e. The predicted molar refractivity (Wildman–Crippen MR) is 80.7 cm³/mol. The van der Waals surface area contributed by atoms with Gasteiger partial charge in [0.2, 0.25) is 0 Å². The molecule has 0 bridgehead atoms. The third kappa shape index (κ3) is 2.90. The van der Waals surface area contributed by atoms with Gasteiger partial charge in [-0.2, -0.15) is 0 Å². The second-order valence-electron chi connectivity index (χ2n) is 5.31. The molecule has 0 N–H and O–H groups in total. The Bertz CT molecular complexity index is 768. The van der Waals surface area contributed by atoms with Gasteiger partial charge in [-0.25, -0.2) is 18.0 Å². The van der Waals surface area contributed by atoms with Crippen LogP contribution in [0.1, 0.15) is 14.5 Å². The molecule has 4 nitrogen and oxygen atoms in total. The number of carbonyl (C=O) groups is 1. The van der Waals surface area contributed by atoms with E-state index >= 15 is 0 Å². The zero-order valence-corrected chi connectivity index (χ0v) is 13.2. The van der Waals surface area contributed by atoms with Crippen LogP contribution in [0, 0.1) is 12.7 Å². The summed E-state index contributed by atoms with van der Waals surface area (Å²) in [5.74, 6) is -3.84. The molecule has 3 rings (SSSR count). The van der Waals surface area contributed by atoms with Crippen LogP contribution in [-0.4, -0.2) is 37.1 Å². The number of esters is 1. The van der Waals surface area contributed by atoms with Gasteiger partial charge in [0.25, 0.3) is 5.92 Å². The number of alkyl halides is 2. The number of halogens is 3. The number of rotatable bonds is 3. The highest BCUT2D eigenvalue weighted by Gasteiger charge is 2.44. The van der Waals surface area contributed by atoms with Crippen molar-refractivity contribution in [3.8, 4) is 11.3 Å². The Morgan fingerprint density at radius 1 is 1.39 bits per heavy atom. The molecule has 0 aliphatic carbocycles. The Kier molecular flexibility index (Phi) is 3.79. The fourth-order valence-corrected chi connectivity index (χ4v) is 3.35. The Morgan fingerprint density at radius 2 is 2.09 bits per heavy atom. The van der Waals surface area contributed by atoms with Gasteiger partial charge in [0.05, 0.1) is 32.1 Å². The van der Waals surface area contributed by atoms with Crippen LogP contribution in [0.3, 0.4) is 0 Å². The minimum Gasteiger partial charge on any atom is -0.465 e. The Labute approximate surface area is 134 Å². The molecule has 2 aromatic rings. The lowest BCUT2D eigenvalue weighted by atomic mass is 10.1. The predicted octanol–water partition coefficient (Wildman–Crippen LogP) is 3.50. The summed E-state index contributed by atoms with van der Waals surface area (Å²) in [6, 6.07) is 2.71. The van der Waals surface area contributed by atoms with E-state index in [0.717, 1.165) is 4.88 Å². The van der Waals surface area contributed by atoms with Gasteiger partial charge in [-0.3, -0.25) is 4.98 Å². The van der Waals surface area contributed by atoms with Crippen LogP contribution in [0.2, 0.25) is 0 Å². The molecule has 0 radical (unpaired) electrons. The van der Waals surface area contributed by atoms with Gasteiger partial charge in [-0.05, 0) is 13.0 Å². The van der Waals surface area contributed by atoms with Crippen molar-refractivity contribution in [3.63, 3.8) is 0 Å². The molecule has 0 aromatic carbocycles. The lowest BCUT2D eigenvalue weighted by Gasteiger charge is -2.40. The zero-order chi connectivity index (χ0) is 16.8. The Morgan fingerprint density at radius 3 is 2.65 bits per heavy atom. The number of carbonyl (C=O) groups excluding carboxylic acids is 1. The summed E-state index contributed by atoms with van der Waals surface area (Å²) < 4.78 is 44.7. The van der Waals surface area contributed by atoms with Crippen molar-refractivity contribution in [2.75, 3.05) is 25.1 Å². The number of ether oxygens (including phenoxy) is 1.